The molecule has 130 valence electrons. The Bertz CT molecular complexity index is 1090. The van der Waals surface area contributed by atoms with Crippen molar-refractivity contribution in [2.45, 2.75) is 32.6 Å². The van der Waals surface area contributed by atoms with Gasteiger partial charge < -0.3 is 9.14 Å². The molecule has 0 spiro atoms. The molecule has 7 heteroatoms. The Morgan fingerprint density at radius 2 is 2.12 bits per heavy atom. The predicted molar refractivity (Wildman–Crippen MR) is 96.6 cm³/mol. The smallest absolute Gasteiger partial charge is 0.345 e. The first-order chi connectivity index (χ1) is 12.0. The highest BCUT2D eigenvalue weighted by Crippen LogP contribution is 2.35. The van der Waals surface area contributed by atoms with Crippen molar-refractivity contribution in [2.24, 2.45) is 0 Å². The van der Waals surface area contributed by atoms with E-state index in [-0.39, 0.29) is 22.6 Å². The second-order valence-corrected chi connectivity index (χ2v) is 7.52. The lowest BCUT2D eigenvalue weighted by molar-refractivity contribution is 0.0527. The Kier molecular flexibility index (Phi) is 4.04. The molecule has 1 aliphatic rings. The molecular weight excluding hydrogens is 365 g/mol. The fourth-order valence-electron chi connectivity index (χ4n) is 3.43. The molecular formula is C18H15ClFNO3S. The van der Waals surface area contributed by atoms with Crippen LogP contribution in [0, 0.1) is 5.82 Å². The molecule has 4 rings (SSSR count). The first-order valence-corrected chi connectivity index (χ1v) is 9.37. The van der Waals surface area contributed by atoms with Crippen molar-refractivity contribution in [3.8, 4) is 0 Å². The number of halogens is 2. The average molecular weight is 380 g/mol. The van der Waals surface area contributed by atoms with Gasteiger partial charge in [-0.2, -0.15) is 0 Å². The summed E-state index contributed by atoms with van der Waals surface area (Å²) in [7, 11) is 0. The van der Waals surface area contributed by atoms with Gasteiger partial charge in [0.15, 0.2) is 0 Å². The number of aryl methyl sites for hydroxylation is 2. The molecule has 0 fully saturated rings. The second-order valence-electron chi connectivity index (χ2n) is 6.03. The number of pyridine rings is 1. The number of benzene rings is 1. The molecule has 2 heterocycles. The lowest BCUT2D eigenvalue weighted by atomic mass is 10.0. The van der Waals surface area contributed by atoms with Crippen LogP contribution in [0.4, 0.5) is 4.39 Å². The molecule has 25 heavy (non-hydrogen) atoms. The van der Waals surface area contributed by atoms with Gasteiger partial charge in [0.25, 0.3) is 0 Å². The lowest BCUT2D eigenvalue weighted by Crippen LogP contribution is -2.20. The number of ether oxygens (including phenoxy) is 1. The van der Waals surface area contributed by atoms with Crippen molar-refractivity contribution < 1.29 is 13.9 Å². The van der Waals surface area contributed by atoms with E-state index in [1.54, 1.807) is 6.92 Å². The fraction of sp³-hybridized carbons (Fsp3) is 0.333. The number of esters is 1. The summed E-state index contributed by atoms with van der Waals surface area (Å²) < 4.78 is 21.0. The SMILES string of the molecule is CCOC(=O)c1c(=O)c2cc(F)c(Cl)cc2n2c3c(sc12)CCCC3. The maximum Gasteiger partial charge on any atom is 0.345 e. The number of thiazole rings is 1. The monoisotopic (exact) mass is 379 g/mol. The molecule has 0 bridgehead atoms. The van der Waals surface area contributed by atoms with Gasteiger partial charge in [-0.15, -0.1) is 11.3 Å². The number of hydrogen-bond acceptors (Lipinski definition) is 4. The molecule has 1 aromatic carbocycles. The van der Waals surface area contributed by atoms with Crippen LogP contribution in [0.15, 0.2) is 16.9 Å². The van der Waals surface area contributed by atoms with Crippen molar-refractivity contribution in [1.29, 1.82) is 0 Å². The number of nitrogens with zero attached hydrogens (tertiary/aromatic N) is 1. The minimum absolute atomic E-state index is 0.0181. The standard InChI is InChI=1S/C18H15ClFNO3S/c1-2-24-18(23)15-16(22)9-7-11(20)10(19)8-13(9)21-12-5-3-4-6-14(12)25-17(15)21/h7-8H,2-6H2,1H3. The van der Waals surface area contributed by atoms with Gasteiger partial charge in [-0.25, -0.2) is 9.18 Å². The normalized spacial score (nSPS) is 14.0. The van der Waals surface area contributed by atoms with E-state index < -0.39 is 17.2 Å². The molecule has 0 saturated carbocycles. The summed E-state index contributed by atoms with van der Waals surface area (Å²) in [4.78, 5) is 27.1. The van der Waals surface area contributed by atoms with Gasteiger partial charge in [0.05, 0.1) is 22.5 Å². The summed E-state index contributed by atoms with van der Waals surface area (Å²) in [5.41, 5.74) is 1.08. The molecule has 2 aromatic heterocycles. The van der Waals surface area contributed by atoms with Gasteiger partial charge in [0, 0.05) is 10.6 Å². The first kappa shape index (κ1) is 16.5. The van der Waals surface area contributed by atoms with Gasteiger partial charge in [-0.1, -0.05) is 11.6 Å². The zero-order valence-corrected chi connectivity index (χ0v) is 15.1. The molecule has 0 aliphatic heterocycles. The maximum absolute atomic E-state index is 14.0. The summed E-state index contributed by atoms with van der Waals surface area (Å²) in [6, 6.07) is 2.58. The zero-order chi connectivity index (χ0) is 17.7. The molecule has 0 unspecified atom stereocenters. The van der Waals surface area contributed by atoms with Crippen LogP contribution in [-0.4, -0.2) is 17.0 Å². The molecule has 0 saturated heterocycles. The summed E-state index contributed by atoms with van der Waals surface area (Å²) in [6.07, 6.45) is 3.88. The molecule has 4 nitrogen and oxygen atoms in total. The van der Waals surface area contributed by atoms with Gasteiger partial charge in [-0.05, 0) is 44.7 Å². The minimum atomic E-state index is -0.676. The van der Waals surface area contributed by atoms with Gasteiger partial charge in [0.2, 0.25) is 5.43 Å². The Balaban J connectivity index is 2.21. The van der Waals surface area contributed by atoms with E-state index in [1.165, 1.54) is 17.4 Å². The van der Waals surface area contributed by atoms with Crippen LogP contribution in [0.2, 0.25) is 5.02 Å². The maximum atomic E-state index is 14.0. The van der Waals surface area contributed by atoms with Crippen molar-refractivity contribution >= 4 is 44.6 Å². The topological polar surface area (TPSA) is 47.8 Å². The van der Waals surface area contributed by atoms with Crippen LogP contribution in [0.25, 0.3) is 15.7 Å². The summed E-state index contributed by atoms with van der Waals surface area (Å²) >= 11 is 7.41. The summed E-state index contributed by atoms with van der Waals surface area (Å²) in [5, 5.41) is 0.106. The van der Waals surface area contributed by atoms with E-state index in [0.29, 0.717) is 10.3 Å². The van der Waals surface area contributed by atoms with Crippen molar-refractivity contribution in [1.82, 2.24) is 4.40 Å². The highest BCUT2D eigenvalue weighted by Gasteiger charge is 2.26. The molecule has 0 N–H and O–H groups in total. The third kappa shape index (κ3) is 2.47. The van der Waals surface area contributed by atoms with E-state index in [4.69, 9.17) is 16.3 Å². The third-order valence-corrected chi connectivity index (χ3v) is 6.08. The van der Waals surface area contributed by atoms with Crippen LogP contribution >= 0.6 is 22.9 Å². The molecule has 3 aromatic rings. The molecule has 1 aliphatic carbocycles. The molecule has 0 atom stereocenters. The van der Waals surface area contributed by atoms with Gasteiger partial charge in [0.1, 0.15) is 16.2 Å². The van der Waals surface area contributed by atoms with Crippen molar-refractivity contribution in [2.75, 3.05) is 6.61 Å². The van der Waals surface area contributed by atoms with E-state index in [0.717, 1.165) is 42.3 Å². The highest BCUT2D eigenvalue weighted by atomic mass is 35.5. The van der Waals surface area contributed by atoms with E-state index in [1.807, 2.05) is 4.40 Å². The highest BCUT2D eigenvalue weighted by molar-refractivity contribution is 7.18. The summed E-state index contributed by atoms with van der Waals surface area (Å²) in [6.45, 7) is 1.86. The van der Waals surface area contributed by atoms with Crippen LogP contribution in [0.1, 0.15) is 40.7 Å². The minimum Gasteiger partial charge on any atom is -0.462 e. The Labute approximate surface area is 151 Å². The van der Waals surface area contributed by atoms with Crippen LogP contribution in [0.5, 0.6) is 0 Å². The Hall–Kier alpha value is -1.92. The van der Waals surface area contributed by atoms with Crippen molar-refractivity contribution in [3.63, 3.8) is 0 Å². The number of hydrogen-bond donors (Lipinski definition) is 0. The van der Waals surface area contributed by atoms with Gasteiger partial charge in [-0.3, -0.25) is 4.79 Å². The molecule has 0 amide bonds. The Morgan fingerprint density at radius 3 is 2.88 bits per heavy atom. The quantitative estimate of drug-likeness (QED) is 0.621. The number of fused-ring (bicyclic) bond motifs is 5. The van der Waals surface area contributed by atoms with Crippen LogP contribution < -0.4 is 5.43 Å². The number of carbonyl (C=O) groups excluding carboxylic acids is 1. The molecule has 0 radical (unpaired) electrons. The van der Waals surface area contributed by atoms with E-state index in [9.17, 15) is 14.0 Å². The van der Waals surface area contributed by atoms with Crippen molar-refractivity contribution in [3.05, 3.63) is 49.3 Å². The largest absolute Gasteiger partial charge is 0.462 e. The van der Waals surface area contributed by atoms with Crippen LogP contribution in [-0.2, 0) is 17.6 Å². The number of rotatable bonds is 2. The second kappa shape index (κ2) is 6.11. The predicted octanol–water partition coefficient (Wildman–Crippen LogP) is 4.36. The third-order valence-electron chi connectivity index (χ3n) is 4.53. The first-order valence-electron chi connectivity index (χ1n) is 8.18. The van der Waals surface area contributed by atoms with Gasteiger partial charge >= 0.3 is 5.97 Å². The summed E-state index contributed by atoms with van der Waals surface area (Å²) in [5.74, 6) is -1.34. The van der Waals surface area contributed by atoms with E-state index >= 15 is 0 Å². The van der Waals surface area contributed by atoms with E-state index in [2.05, 4.69) is 0 Å². The Morgan fingerprint density at radius 1 is 1.36 bits per heavy atom. The average Bonchev–Trinajstić information content (AvgIpc) is 2.96. The number of aromatic nitrogens is 1. The lowest BCUT2D eigenvalue weighted by Gasteiger charge is -2.13. The fourth-order valence-corrected chi connectivity index (χ4v) is 4.96. The van der Waals surface area contributed by atoms with Crippen LogP contribution in [0.3, 0.4) is 0 Å². The zero-order valence-electron chi connectivity index (χ0n) is 13.5. The number of carbonyl (C=O) groups is 1.